The van der Waals surface area contributed by atoms with Crippen LogP contribution in [-0.4, -0.2) is 12.3 Å². The van der Waals surface area contributed by atoms with Crippen LogP contribution in [0.5, 0.6) is 11.5 Å². The van der Waals surface area contributed by atoms with Gasteiger partial charge in [0.25, 0.3) is 0 Å². The number of unbranched alkanes of at least 4 members (excludes halogenated alkanes) is 2. The zero-order chi connectivity index (χ0) is 22.3. The van der Waals surface area contributed by atoms with E-state index in [1.165, 1.54) is 63.5 Å². The molecular weight excluding hydrogens is 405 g/mol. The number of ether oxygens (including phenoxy) is 2. The molecule has 0 heterocycles. The van der Waals surface area contributed by atoms with Crippen LogP contribution in [-0.2, 0) is 4.79 Å². The minimum absolute atomic E-state index is 0.118. The number of rotatable bonds is 8. The number of carbonyl (C=O) groups excluding carboxylic acids is 1. The minimum Gasteiger partial charge on any atom is -0.426 e. The summed E-state index contributed by atoms with van der Waals surface area (Å²) in [5.74, 6) is 1.98. The average Bonchev–Trinajstić information content (AvgIpc) is 2.75. The quantitative estimate of drug-likeness (QED) is 0.236. The van der Waals surface area contributed by atoms with Gasteiger partial charge in [0.2, 0.25) is 0 Å². The third-order valence-electron chi connectivity index (χ3n) is 7.15. The van der Waals surface area contributed by atoms with E-state index in [0.717, 1.165) is 55.6 Å². The summed E-state index contributed by atoms with van der Waals surface area (Å²) in [6.45, 7) is 2.26. The molecule has 6 heteroatoms. The van der Waals surface area contributed by atoms with Crippen LogP contribution in [0, 0.1) is 23.7 Å². The number of hydrogen-bond donors (Lipinski definition) is 0. The smallest absolute Gasteiger partial charge is 0.426 e. The van der Waals surface area contributed by atoms with Crippen LogP contribution in [0.2, 0.25) is 0 Å². The summed E-state index contributed by atoms with van der Waals surface area (Å²) in [5.41, 5.74) is 0. The molecule has 1 aromatic carbocycles. The van der Waals surface area contributed by atoms with Gasteiger partial charge in [-0.05, 0) is 80.5 Å². The molecule has 1 aromatic rings. The van der Waals surface area contributed by atoms with Gasteiger partial charge in [0, 0.05) is 0 Å². The molecule has 0 aliphatic heterocycles. The topological polar surface area (TPSA) is 35.5 Å². The van der Waals surface area contributed by atoms with Crippen molar-refractivity contribution in [1.29, 1.82) is 0 Å². The molecule has 0 aromatic heterocycles. The fraction of sp³-hybridized carbons (Fsp3) is 0.720. The van der Waals surface area contributed by atoms with Gasteiger partial charge in [-0.25, -0.2) is 0 Å². The number of alkyl halides is 3. The number of carbonyl (C=O) groups is 1. The first-order chi connectivity index (χ1) is 14.8. The molecule has 0 amide bonds. The van der Waals surface area contributed by atoms with Gasteiger partial charge in [-0.1, -0.05) is 45.4 Å². The van der Waals surface area contributed by atoms with Crippen molar-refractivity contribution in [3.8, 4) is 11.5 Å². The lowest BCUT2D eigenvalue weighted by molar-refractivity contribution is -0.274. The second kappa shape index (κ2) is 11.2. The molecule has 174 valence electrons. The Bertz CT molecular complexity index is 670. The Labute approximate surface area is 183 Å². The number of benzene rings is 1. The Balaban J connectivity index is 1.38. The summed E-state index contributed by atoms with van der Waals surface area (Å²) in [7, 11) is 0. The van der Waals surface area contributed by atoms with Crippen LogP contribution in [0.3, 0.4) is 0 Å². The highest BCUT2D eigenvalue weighted by Gasteiger charge is 2.34. The molecule has 3 nitrogen and oxygen atoms in total. The fourth-order valence-electron chi connectivity index (χ4n) is 5.37. The Morgan fingerprint density at radius 2 is 1.42 bits per heavy atom. The first kappa shape index (κ1) is 23.9. The lowest BCUT2D eigenvalue weighted by atomic mass is 9.68. The number of hydrogen-bond acceptors (Lipinski definition) is 3. The summed E-state index contributed by atoms with van der Waals surface area (Å²) in [4.78, 5) is 12.5. The fourth-order valence-corrected chi connectivity index (χ4v) is 5.37. The SMILES string of the molecule is CCCCCC1CCC(C2CCC(C(=O)Oc3ccc(OC(F)(F)F)cc3)CC2)CC1. The van der Waals surface area contributed by atoms with Gasteiger partial charge in [-0.3, -0.25) is 4.79 Å². The van der Waals surface area contributed by atoms with Gasteiger partial charge in [0.05, 0.1) is 5.92 Å². The van der Waals surface area contributed by atoms with Crippen molar-refractivity contribution in [3.63, 3.8) is 0 Å². The van der Waals surface area contributed by atoms with Crippen molar-refractivity contribution in [2.75, 3.05) is 0 Å². The Morgan fingerprint density at radius 3 is 1.97 bits per heavy atom. The van der Waals surface area contributed by atoms with E-state index in [0.29, 0.717) is 0 Å². The van der Waals surface area contributed by atoms with E-state index >= 15 is 0 Å². The van der Waals surface area contributed by atoms with Crippen LogP contribution in [0.1, 0.15) is 84.0 Å². The Morgan fingerprint density at radius 1 is 0.871 bits per heavy atom. The van der Waals surface area contributed by atoms with Gasteiger partial charge in [-0.15, -0.1) is 13.2 Å². The van der Waals surface area contributed by atoms with Crippen molar-refractivity contribution in [3.05, 3.63) is 24.3 Å². The van der Waals surface area contributed by atoms with Crippen LogP contribution in [0.4, 0.5) is 13.2 Å². The summed E-state index contributed by atoms with van der Waals surface area (Å²) >= 11 is 0. The van der Waals surface area contributed by atoms with Crippen LogP contribution < -0.4 is 9.47 Å². The van der Waals surface area contributed by atoms with Crippen molar-refractivity contribution in [1.82, 2.24) is 0 Å². The summed E-state index contributed by atoms with van der Waals surface area (Å²) < 4.78 is 45.9. The van der Waals surface area contributed by atoms with E-state index < -0.39 is 6.36 Å². The zero-order valence-electron chi connectivity index (χ0n) is 18.5. The van der Waals surface area contributed by atoms with Gasteiger partial charge in [0.15, 0.2) is 0 Å². The monoisotopic (exact) mass is 440 g/mol. The van der Waals surface area contributed by atoms with Crippen LogP contribution in [0.15, 0.2) is 24.3 Å². The summed E-state index contributed by atoms with van der Waals surface area (Å²) in [6, 6.07) is 4.99. The second-order valence-corrected chi connectivity index (χ2v) is 9.33. The molecule has 0 bridgehead atoms. The molecule has 2 aliphatic carbocycles. The summed E-state index contributed by atoms with van der Waals surface area (Å²) in [5, 5.41) is 0. The molecule has 3 rings (SSSR count). The molecule has 31 heavy (non-hydrogen) atoms. The minimum atomic E-state index is -4.73. The second-order valence-electron chi connectivity index (χ2n) is 9.33. The van der Waals surface area contributed by atoms with Gasteiger partial charge >= 0.3 is 12.3 Å². The molecule has 0 unspecified atom stereocenters. The molecule has 2 fully saturated rings. The van der Waals surface area contributed by atoms with Crippen molar-refractivity contribution in [2.24, 2.45) is 23.7 Å². The normalized spacial score (nSPS) is 27.0. The van der Waals surface area contributed by atoms with Crippen LogP contribution >= 0.6 is 0 Å². The van der Waals surface area contributed by atoms with E-state index in [9.17, 15) is 18.0 Å². The van der Waals surface area contributed by atoms with Gasteiger partial charge in [0.1, 0.15) is 11.5 Å². The molecule has 0 radical (unpaired) electrons. The lowest BCUT2D eigenvalue weighted by Crippen LogP contribution is -2.30. The molecule has 0 saturated heterocycles. The summed E-state index contributed by atoms with van der Waals surface area (Å²) in [6.07, 6.45) is 9.91. The highest BCUT2D eigenvalue weighted by molar-refractivity contribution is 5.75. The van der Waals surface area contributed by atoms with Crippen molar-refractivity contribution in [2.45, 2.75) is 90.3 Å². The van der Waals surface area contributed by atoms with E-state index in [1.54, 1.807) is 0 Å². The van der Waals surface area contributed by atoms with E-state index in [4.69, 9.17) is 4.74 Å². The third-order valence-corrected chi connectivity index (χ3v) is 7.15. The molecule has 0 spiro atoms. The predicted octanol–water partition coefficient (Wildman–Crippen LogP) is 7.68. The number of halogens is 3. The van der Waals surface area contributed by atoms with E-state index in [1.807, 2.05) is 0 Å². The molecule has 2 aliphatic rings. The highest BCUT2D eigenvalue weighted by Crippen LogP contribution is 2.42. The maximum Gasteiger partial charge on any atom is 0.573 e. The van der Waals surface area contributed by atoms with E-state index in [2.05, 4.69) is 11.7 Å². The standard InChI is InChI=1S/C25H35F3O3/c1-2-3-4-5-18-6-8-19(9-7-18)20-10-12-21(13-11-20)24(29)30-22-14-16-23(17-15-22)31-25(26,27)28/h14-21H,2-13H2,1H3. The van der Waals surface area contributed by atoms with Gasteiger partial charge < -0.3 is 9.47 Å². The van der Waals surface area contributed by atoms with Crippen molar-refractivity contribution >= 4 is 5.97 Å². The maximum atomic E-state index is 12.5. The zero-order valence-corrected chi connectivity index (χ0v) is 18.5. The Kier molecular flexibility index (Phi) is 8.67. The molecule has 0 N–H and O–H groups in total. The Hall–Kier alpha value is -1.72. The van der Waals surface area contributed by atoms with E-state index in [-0.39, 0.29) is 23.4 Å². The van der Waals surface area contributed by atoms with Gasteiger partial charge in [-0.2, -0.15) is 0 Å². The third kappa shape index (κ3) is 7.73. The largest absolute Gasteiger partial charge is 0.573 e. The molecular formula is C25H35F3O3. The molecule has 0 atom stereocenters. The highest BCUT2D eigenvalue weighted by atomic mass is 19.4. The maximum absolute atomic E-state index is 12.5. The average molecular weight is 441 g/mol. The number of esters is 1. The first-order valence-electron chi connectivity index (χ1n) is 11.9. The predicted molar refractivity (Wildman–Crippen MR) is 114 cm³/mol. The van der Waals surface area contributed by atoms with Crippen LogP contribution in [0.25, 0.3) is 0 Å². The first-order valence-corrected chi connectivity index (χ1v) is 11.9. The molecule has 2 saturated carbocycles. The van der Waals surface area contributed by atoms with Crippen molar-refractivity contribution < 1.29 is 27.4 Å². The lowest BCUT2D eigenvalue weighted by Gasteiger charge is -2.37.